The summed E-state index contributed by atoms with van der Waals surface area (Å²) in [5.74, 6) is 0.00294. The third-order valence-electron chi connectivity index (χ3n) is 2.34. The number of hydrogen-bond acceptors (Lipinski definition) is 6. The monoisotopic (exact) mass is 284 g/mol. The second-order valence-corrected chi connectivity index (χ2v) is 5.36. The number of anilines is 1. The second-order valence-electron chi connectivity index (χ2n) is 3.74. The van der Waals surface area contributed by atoms with Crippen LogP contribution in [0.1, 0.15) is 11.4 Å². The van der Waals surface area contributed by atoms with Gasteiger partial charge in [0, 0.05) is 12.6 Å². The summed E-state index contributed by atoms with van der Waals surface area (Å²) < 4.78 is 26.6. The first-order valence-corrected chi connectivity index (χ1v) is 6.75. The number of sulfonamides is 1. The predicted octanol–water partition coefficient (Wildman–Crippen LogP) is -0.939. The lowest BCUT2D eigenvalue weighted by molar-refractivity contribution is 0.599. The molecule has 0 amide bonds. The first-order valence-electron chi connectivity index (χ1n) is 5.26. The smallest absolute Gasteiger partial charge is 0.266 e. The predicted molar refractivity (Wildman–Crippen MR) is 66.9 cm³/mol. The van der Waals surface area contributed by atoms with Crippen LogP contribution in [0.25, 0.3) is 0 Å². The molecular weight excluding hydrogens is 272 g/mol. The average molecular weight is 284 g/mol. The summed E-state index contributed by atoms with van der Waals surface area (Å²) in [5, 5.41) is 12.1. The molecule has 0 fully saturated rings. The SMILES string of the molecule is Cc1[nH]nc(CN)c1S(=O)(=O)Nc1ccc(=O)[nH]n1. The molecule has 2 aromatic heterocycles. The van der Waals surface area contributed by atoms with Crippen molar-refractivity contribution in [3.63, 3.8) is 0 Å². The molecule has 10 heteroatoms. The standard InChI is InChI=1S/C9H12N6O3S/c1-5-9(6(4-10)12-11-5)19(17,18)15-7-2-3-8(16)14-13-7/h2-3H,4,10H2,1H3,(H,11,12)(H,13,15)(H,14,16). The second kappa shape index (κ2) is 4.82. The van der Waals surface area contributed by atoms with Crippen molar-refractivity contribution in [2.24, 2.45) is 5.73 Å². The zero-order valence-corrected chi connectivity index (χ0v) is 10.8. The first-order chi connectivity index (χ1) is 8.94. The van der Waals surface area contributed by atoms with Gasteiger partial charge in [0.15, 0.2) is 5.82 Å². The number of rotatable bonds is 4. The van der Waals surface area contributed by atoms with Crippen molar-refractivity contribution >= 4 is 15.8 Å². The van der Waals surface area contributed by atoms with Crippen LogP contribution < -0.4 is 16.0 Å². The minimum absolute atomic E-state index is 0.00294. The van der Waals surface area contributed by atoms with Crippen LogP contribution in [0.4, 0.5) is 5.82 Å². The highest BCUT2D eigenvalue weighted by Crippen LogP contribution is 2.19. The van der Waals surface area contributed by atoms with Crippen LogP contribution in [0.5, 0.6) is 0 Å². The molecule has 9 nitrogen and oxygen atoms in total. The van der Waals surface area contributed by atoms with Gasteiger partial charge in [0.2, 0.25) is 0 Å². The summed E-state index contributed by atoms with van der Waals surface area (Å²) in [7, 11) is -3.86. The number of H-pyrrole nitrogens is 2. The van der Waals surface area contributed by atoms with Crippen LogP contribution in [0, 0.1) is 6.92 Å². The number of hydrogen-bond donors (Lipinski definition) is 4. The normalized spacial score (nSPS) is 11.5. The Balaban J connectivity index is 2.40. The molecule has 0 atom stereocenters. The van der Waals surface area contributed by atoms with E-state index in [0.717, 1.165) is 6.07 Å². The Morgan fingerprint density at radius 3 is 2.63 bits per heavy atom. The molecule has 0 radical (unpaired) electrons. The number of aryl methyl sites for hydroxylation is 1. The van der Waals surface area contributed by atoms with E-state index in [1.165, 1.54) is 6.07 Å². The molecule has 0 saturated carbocycles. The van der Waals surface area contributed by atoms with Crippen LogP contribution in [-0.4, -0.2) is 28.8 Å². The molecule has 0 aliphatic heterocycles. The van der Waals surface area contributed by atoms with Gasteiger partial charge in [-0.3, -0.25) is 14.6 Å². The molecule has 0 saturated heterocycles. The molecule has 102 valence electrons. The number of nitrogens with two attached hydrogens (primary N) is 1. The van der Waals surface area contributed by atoms with Crippen molar-refractivity contribution in [3.05, 3.63) is 33.9 Å². The molecule has 0 spiro atoms. The average Bonchev–Trinajstić information content (AvgIpc) is 2.74. The molecule has 0 aliphatic carbocycles. The zero-order chi connectivity index (χ0) is 14.0. The van der Waals surface area contributed by atoms with E-state index in [1.54, 1.807) is 6.92 Å². The Hall–Kier alpha value is -2.20. The zero-order valence-electron chi connectivity index (χ0n) is 9.97. The van der Waals surface area contributed by atoms with Crippen LogP contribution in [-0.2, 0) is 16.6 Å². The first kappa shape index (κ1) is 13.2. The minimum Gasteiger partial charge on any atom is -0.325 e. The molecule has 2 aromatic rings. The largest absolute Gasteiger partial charge is 0.325 e. The molecule has 5 N–H and O–H groups in total. The van der Waals surface area contributed by atoms with Gasteiger partial charge in [0.1, 0.15) is 4.90 Å². The molecule has 0 aliphatic rings. The highest BCUT2D eigenvalue weighted by molar-refractivity contribution is 7.92. The molecule has 2 heterocycles. The van der Waals surface area contributed by atoms with Gasteiger partial charge in [0.05, 0.1) is 11.4 Å². The van der Waals surface area contributed by atoms with Crippen LogP contribution in [0.2, 0.25) is 0 Å². The summed E-state index contributed by atoms with van der Waals surface area (Å²) in [6, 6.07) is 2.42. The third kappa shape index (κ3) is 2.63. The van der Waals surface area contributed by atoms with E-state index >= 15 is 0 Å². The Bertz CT molecular complexity index is 727. The van der Waals surface area contributed by atoms with Crippen LogP contribution in [0.15, 0.2) is 21.8 Å². The fourth-order valence-corrected chi connectivity index (χ4v) is 2.93. The molecular formula is C9H12N6O3S. The fourth-order valence-electron chi connectivity index (χ4n) is 1.55. The third-order valence-corrected chi connectivity index (χ3v) is 3.90. The van der Waals surface area contributed by atoms with E-state index in [9.17, 15) is 13.2 Å². The van der Waals surface area contributed by atoms with Gasteiger partial charge in [-0.25, -0.2) is 13.5 Å². The summed E-state index contributed by atoms with van der Waals surface area (Å²) in [4.78, 5) is 10.8. The Morgan fingerprint density at radius 2 is 2.05 bits per heavy atom. The van der Waals surface area contributed by atoms with Crippen LogP contribution >= 0.6 is 0 Å². The van der Waals surface area contributed by atoms with Crippen molar-refractivity contribution in [1.82, 2.24) is 20.4 Å². The van der Waals surface area contributed by atoms with Gasteiger partial charge in [-0.2, -0.15) is 10.2 Å². The maximum atomic E-state index is 12.2. The van der Waals surface area contributed by atoms with Gasteiger partial charge < -0.3 is 5.73 Å². The minimum atomic E-state index is -3.86. The highest BCUT2D eigenvalue weighted by Gasteiger charge is 2.24. The summed E-state index contributed by atoms with van der Waals surface area (Å²) in [5.41, 5.74) is 5.61. The lowest BCUT2D eigenvalue weighted by Crippen LogP contribution is -2.18. The lowest BCUT2D eigenvalue weighted by Gasteiger charge is -2.07. The topological polar surface area (TPSA) is 147 Å². The fraction of sp³-hybridized carbons (Fsp3) is 0.222. The van der Waals surface area contributed by atoms with E-state index in [1.807, 2.05) is 0 Å². The van der Waals surface area contributed by atoms with Crippen molar-refractivity contribution in [2.45, 2.75) is 18.4 Å². The van der Waals surface area contributed by atoms with Gasteiger partial charge in [-0.15, -0.1) is 0 Å². The van der Waals surface area contributed by atoms with Gasteiger partial charge in [0.25, 0.3) is 15.6 Å². The van der Waals surface area contributed by atoms with Crippen LogP contribution in [0.3, 0.4) is 0 Å². The van der Waals surface area contributed by atoms with E-state index in [2.05, 4.69) is 25.1 Å². The lowest BCUT2D eigenvalue weighted by atomic mass is 10.4. The van der Waals surface area contributed by atoms with E-state index in [-0.39, 0.29) is 23.0 Å². The number of aromatic amines is 2. The quantitative estimate of drug-likeness (QED) is 0.569. The highest BCUT2D eigenvalue weighted by atomic mass is 32.2. The summed E-state index contributed by atoms with van der Waals surface area (Å²) in [6.07, 6.45) is 0. The number of nitrogens with one attached hydrogen (secondary N) is 3. The van der Waals surface area contributed by atoms with Crippen molar-refractivity contribution in [1.29, 1.82) is 0 Å². The van der Waals surface area contributed by atoms with E-state index in [4.69, 9.17) is 5.73 Å². The number of nitrogens with zero attached hydrogens (tertiary/aromatic N) is 2. The van der Waals surface area contributed by atoms with Gasteiger partial charge in [-0.1, -0.05) is 0 Å². The van der Waals surface area contributed by atoms with E-state index in [0.29, 0.717) is 5.69 Å². The van der Waals surface area contributed by atoms with Crippen molar-refractivity contribution < 1.29 is 8.42 Å². The molecule has 19 heavy (non-hydrogen) atoms. The summed E-state index contributed by atoms with van der Waals surface area (Å²) >= 11 is 0. The Kier molecular flexibility index (Phi) is 3.36. The maximum absolute atomic E-state index is 12.2. The van der Waals surface area contributed by atoms with E-state index < -0.39 is 15.6 Å². The Morgan fingerprint density at radius 1 is 1.32 bits per heavy atom. The molecule has 0 bridgehead atoms. The molecule has 0 unspecified atom stereocenters. The molecule has 2 rings (SSSR count). The van der Waals surface area contributed by atoms with Gasteiger partial charge in [-0.05, 0) is 13.0 Å². The van der Waals surface area contributed by atoms with Gasteiger partial charge >= 0.3 is 0 Å². The number of aromatic nitrogens is 4. The molecule has 0 aromatic carbocycles. The van der Waals surface area contributed by atoms with Crippen molar-refractivity contribution in [2.75, 3.05) is 4.72 Å². The maximum Gasteiger partial charge on any atom is 0.266 e. The Labute approximate surface area is 108 Å². The van der Waals surface area contributed by atoms with Crippen molar-refractivity contribution in [3.8, 4) is 0 Å². The summed E-state index contributed by atoms with van der Waals surface area (Å²) in [6.45, 7) is 1.56.